The minimum absolute atomic E-state index is 0.0722. The quantitative estimate of drug-likeness (QED) is 0.486. The molecular formula is C26H32N2O5. The number of carbonyl (C=O) groups is 3. The molecule has 7 nitrogen and oxygen atoms in total. The molecule has 0 fully saturated rings. The molecule has 33 heavy (non-hydrogen) atoms. The van der Waals surface area contributed by atoms with Crippen LogP contribution >= 0.6 is 0 Å². The molecule has 3 N–H and O–H groups in total. The van der Waals surface area contributed by atoms with Gasteiger partial charge in [-0.2, -0.15) is 0 Å². The molecule has 3 rings (SSSR count). The first-order valence-corrected chi connectivity index (χ1v) is 11.4. The fraction of sp³-hybridized carbons (Fsp3) is 0.423. The van der Waals surface area contributed by atoms with Crippen molar-refractivity contribution in [2.45, 2.75) is 64.1 Å². The topological polar surface area (TPSA) is 105 Å². The Bertz CT molecular complexity index is 935. The van der Waals surface area contributed by atoms with E-state index in [0.29, 0.717) is 12.8 Å². The van der Waals surface area contributed by atoms with E-state index in [1.165, 1.54) is 0 Å². The van der Waals surface area contributed by atoms with E-state index in [9.17, 15) is 19.5 Å². The number of rotatable bonds is 11. The van der Waals surface area contributed by atoms with Crippen LogP contribution in [0.5, 0.6) is 5.75 Å². The van der Waals surface area contributed by atoms with Gasteiger partial charge >= 0.3 is 5.97 Å². The Labute approximate surface area is 194 Å². The van der Waals surface area contributed by atoms with Crippen LogP contribution in [0.1, 0.15) is 44.2 Å². The van der Waals surface area contributed by atoms with Crippen molar-refractivity contribution in [3.63, 3.8) is 0 Å². The lowest BCUT2D eigenvalue weighted by Crippen LogP contribution is -2.52. The van der Waals surface area contributed by atoms with Gasteiger partial charge in [-0.15, -0.1) is 0 Å². The van der Waals surface area contributed by atoms with Gasteiger partial charge in [0.05, 0.1) is 0 Å². The minimum atomic E-state index is -1.08. The molecule has 176 valence electrons. The third-order valence-electron chi connectivity index (χ3n) is 5.66. The van der Waals surface area contributed by atoms with Crippen LogP contribution in [0.4, 0.5) is 0 Å². The number of ether oxygens (including phenoxy) is 1. The van der Waals surface area contributed by atoms with Gasteiger partial charge in [0.25, 0.3) is 0 Å². The number of aliphatic carboxylic acids is 1. The molecule has 2 amide bonds. The monoisotopic (exact) mass is 452 g/mol. The highest BCUT2D eigenvalue weighted by atomic mass is 16.5. The van der Waals surface area contributed by atoms with E-state index in [0.717, 1.165) is 23.3 Å². The highest BCUT2D eigenvalue weighted by molar-refractivity contribution is 5.90. The van der Waals surface area contributed by atoms with Gasteiger partial charge in [0.2, 0.25) is 11.8 Å². The summed E-state index contributed by atoms with van der Waals surface area (Å²) in [4.78, 5) is 37.3. The molecule has 2 aromatic carbocycles. The van der Waals surface area contributed by atoms with E-state index in [2.05, 4.69) is 10.6 Å². The maximum atomic E-state index is 13.0. The van der Waals surface area contributed by atoms with Crippen molar-refractivity contribution < 1.29 is 24.2 Å². The first-order valence-electron chi connectivity index (χ1n) is 11.4. The second-order valence-electron chi connectivity index (χ2n) is 8.93. The van der Waals surface area contributed by atoms with Gasteiger partial charge < -0.3 is 20.5 Å². The fourth-order valence-electron chi connectivity index (χ4n) is 4.00. The van der Waals surface area contributed by atoms with Crippen molar-refractivity contribution in [1.82, 2.24) is 10.6 Å². The van der Waals surface area contributed by atoms with Gasteiger partial charge in [0.15, 0.2) is 0 Å². The van der Waals surface area contributed by atoms with Crippen LogP contribution in [-0.2, 0) is 27.2 Å². The number of hydrogen-bond acceptors (Lipinski definition) is 4. The SMILES string of the molecule is CC(C)C[C@H](NC(=O)C(Cc1ccccc1)NC(=O)CC[C@H]1Cc2ccccc2O1)C(=O)O. The van der Waals surface area contributed by atoms with Crippen LogP contribution in [0.3, 0.4) is 0 Å². The average Bonchev–Trinajstić information content (AvgIpc) is 3.20. The van der Waals surface area contributed by atoms with Crippen molar-refractivity contribution in [1.29, 1.82) is 0 Å². The zero-order valence-corrected chi connectivity index (χ0v) is 19.1. The number of para-hydroxylation sites is 1. The van der Waals surface area contributed by atoms with Gasteiger partial charge in [-0.05, 0) is 36.0 Å². The molecule has 1 unspecified atom stereocenters. The summed E-state index contributed by atoms with van der Waals surface area (Å²) in [5.41, 5.74) is 2.01. The molecule has 0 bridgehead atoms. The number of nitrogens with one attached hydrogen (secondary N) is 2. The van der Waals surface area contributed by atoms with Crippen LogP contribution in [0, 0.1) is 5.92 Å². The highest BCUT2D eigenvalue weighted by Crippen LogP contribution is 2.29. The molecule has 0 spiro atoms. The van der Waals surface area contributed by atoms with E-state index in [1.807, 2.05) is 68.4 Å². The first kappa shape index (κ1) is 24.3. The minimum Gasteiger partial charge on any atom is -0.490 e. The van der Waals surface area contributed by atoms with Crippen molar-refractivity contribution in [3.8, 4) is 5.75 Å². The number of benzene rings is 2. The zero-order chi connectivity index (χ0) is 23.8. The van der Waals surface area contributed by atoms with Crippen LogP contribution < -0.4 is 15.4 Å². The lowest BCUT2D eigenvalue weighted by molar-refractivity contribution is -0.142. The summed E-state index contributed by atoms with van der Waals surface area (Å²) < 4.78 is 5.90. The number of carbonyl (C=O) groups excluding carboxylic acids is 2. The van der Waals surface area contributed by atoms with Crippen LogP contribution in [0.25, 0.3) is 0 Å². The third kappa shape index (κ3) is 7.34. The van der Waals surface area contributed by atoms with Crippen molar-refractivity contribution in [2.24, 2.45) is 5.92 Å². The van der Waals surface area contributed by atoms with Crippen molar-refractivity contribution in [2.75, 3.05) is 0 Å². The number of carboxylic acid groups (broad SMARTS) is 1. The largest absolute Gasteiger partial charge is 0.490 e. The Kier molecular flexibility index (Phi) is 8.46. The van der Waals surface area contributed by atoms with Gasteiger partial charge in [0, 0.05) is 19.3 Å². The van der Waals surface area contributed by atoms with E-state index < -0.39 is 24.0 Å². The molecule has 0 saturated heterocycles. The van der Waals surface area contributed by atoms with Crippen molar-refractivity contribution >= 4 is 17.8 Å². The van der Waals surface area contributed by atoms with Gasteiger partial charge in [-0.25, -0.2) is 4.79 Å². The Morgan fingerprint density at radius 2 is 1.70 bits per heavy atom. The van der Waals surface area contributed by atoms with Crippen LogP contribution in [-0.4, -0.2) is 41.1 Å². The summed E-state index contributed by atoms with van der Waals surface area (Å²) in [6.45, 7) is 3.80. The summed E-state index contributed by atoms with van der Waals surface area (Å²) in [7, 11) is 0. The Hall–Kier alpha value is -3.35. The molecule has 7 heteroatoms. The van der Waals surface area contributed by atoms with E-state index >= 15 is 0 Å². The lowest BCUT2D eigenvalue weighted by atomic mass is 10.0. The smallest absolute Gasteiger partial charge is 0.326 e. The van der Waals surface area contributed by atoms with Gasteiger partial charge in [0.1, 0.15) is 23.9 Å². The van der Waals surface area contributed by atoms with E-state index in [1.54, 1.807) is 0 Å². The maximum Gasteiger partial charge on any atom is 0.326 e. The molecular weight excluding hydrogens is 420 g/mol. The second kappa shape index (κ2) is 11.5. The summed E-state index contributed by atoms with van der Waals surface area (Å²) in [6.07, 6.45) is 2.02. The summed E-state index contributed by atoms with van der Waals surface area (Å²) in [5, 5.41) is 14.9. The molecule has 1 aliphatic rings. The number of fused-ring (bicyclic) bond motifs is 1. The molecule has 0 aliphatic carbocycles. The molecule has 2 aromatic rings. The normalized spacial score (nSPS) is 16.4. The summed E-state index contributed by atoms with van der Waals surface area (Å²) >= 11 is 0. The van der Waals surface area contributed by atoms with Crippen LogP contribution in [0.15, 0.2) is 54.6 Å². The number of amides is 2. The van der Waals surface area contributed by atoms with Crippen LogP contribution in [0.2, 0.25) is 0 Å². The molecule has 0 aromatic heterocycles. The van der Waals surface area contributed by atoms with E-state index in [-0.39, 0.29) is 30.8 Å². The van der Waals surface area contributed by atoms with Crippen molar-refractivity contribution in [3.05, 3.63) is 65.7 Å². The predicted octanol–water partition coefficient (Wildman–Crippen LogP) is 3.11. The zero-order valence-electron chi connectivity index (χ0n) is 19.1. The summed E-state index contributed by atoms with van der Waals surface area (Å²) in [6, 6.07) is 15.3. The third-order valence-corrected chi connectivity index (χ3v) is 5.66. The first-order chi connectivity index (χ1) is 15.8. The predicted molar refractivity (Wildman–Crippen MR) is 125 cm³/mol. The molecule has 0 saturated carbocycles. The molecule has 0 radical (unpaired) electrons. The number of carboxylic acids is 1. The highest BCUT2D eigenvalue weighted by Gasteiger charge is 2.28. The lowest BCUT2D eigenvalue weighted by Gasteiger charge is -2.23. The Balaban J connectivity index is 1.60. The molecule has 1 heterocycles. The molecule has 3 atom stereocenters. The number of hydrogen-bond donors (Lipinski definition) is 3. The maximum absolute atomic E-state index is 13.0. The standard InChI is InChI=1S/C26H32N2O5/c1-17(2)14-22(26(31)32)28-25(30)21(15-18-8-4-3-5-9-18)27-24(29)13-12-20-16-19-10-6-7-11-23(19)33-20/h3-11,17,20-22H,12-16H2,1-2H3,(H,27,29)(H,28,30)(H,31,32)/t20-,21?,22-/m0/s1. The second-order valence-corrected chi connectivity index (χ2v) is 8.93. The Morgan fingerprint density at radius 3 is 2.36 bits per heavy atom. The van der Waals surface area contributed by atoms with Gasteiger partial charge in [-0.3, -0.25) is 9.59 Å². The molecule has 1 aliphatic heterocycles. The van der Waals surface area contributed by atoms with Gasteiger partial charge in [-0.1, -0.05) is 62.4 Å². The Morgan fingerprint density at radius 1 is 1.00 bits per heavy atom. The van der Waals surface area contributed by atoms with E-state index in [4.69, 9.17) is 4.74 Å². The summed E-state index contributed by atoms with van der Waals surface area (Å²) in [5.74, 6) is -0.885. The fourth-order valence-corrected chi connectivity index (χ4v) is 4.00. The average molecular weight is 453 g/mol.